The van der Waals surface area contributed by atoms with E-state index in [1.807, 2.05) is 17.0 Å². The van der Waals surface area contributed by atoms with Gasteiger partial charge in [0, 0.05) is 39.1 Å². The van der Waals surface area contributed by atoms with Crippen LogP contribution in [0.1, 0.15) is 56.6 Å². The zero-order valence-corrected chi connectivity index (χ0v) is 19.5. The Morgan fingerprint density at radius 1 is 1.19 bits per heavy atom. The molecule has 0 aromatic heterocycles. The summed E-state index contributed by atoms with van der Waals surface area (Å²) >= 11 is 0. The summed E-state index contributed by atoms with van der Waals surface area (Å²) in [6.45, 7) is 4.44. The zero-order valence-electron chi connectivity index (χ0n) is 19.5. The lowest BCUT2D eigenvalue weighted by Gasteiger charge is -2.30. The molecule has 1 fully saturated rings. The van der Waals surface area contributed by atoms with Gasteiger partial charge in [-0.1, -0.05) is 19.8 Å². The highest BCUT2D eigenvalue weighted by atomic mass is 16.5. The van der Waals surface area contributed by atoms with Crippen LogP contribution < -0.4 is 20.1 Å². The number of amides is 1. The van der Waals surface area contributed by atoms with Gasteiger partial charge in [-0.2, -0.15) is 0 Å². The summed E-state index contributed by atoms with van der Waals surface area (Å²) in [5.41, 5.74) is 2.37. The number of rotatable bonds is 7. The maximum Gasteiger partial charge on any atom is 0.222 e. The topological polar surface area (TPSA) is 75.2 Å². The van der Waals surface area contributed by atoms with Crippen molar-refractivity contribution in [2.24, 2.45) is 10.9 Å². The molecule has 0 bridgehead atoms. The van der Waals surface area contributed by atoms with Gasteiger partial charge in [-0.25, -0.2) is 0 Å². The molecule has 0 radical (unpaired) electrons. The van der Waals surface area contributed by atoms with E-state index < -0.39 is 0 Å². The first-order valence-electron chi connectivity index (χ1n) is 11.5. The fourth-order valence-corrected chi connectivity index (χ4v) is 4.65. The highest BCUT2D eigenvalue weighted by Crippen LogP contribution is 2.33. The van der Waals surface area contributed by atoms with E-state index in [4.69, 9.17) is 9.47 Å². The van der Waals surface area contributed by atoms with Gasteiger partial charge < -0.3 is 25.0 Å². The summed E-state index contributed by atoms with van der Waals surface area (Å²) in [7, 11) is 5.10. The molecule has 2 unspecified atom stereocenters. The van der Waals surface area contributed by atoms with Crippen LogP contribution >= 0.6 is 0 Å². The Kier molecular flexibility index (Phi) is 8.43. The molecule has 1 aliphatic heterocycles. The minimum Gasteiger partial charge on any atom is -0.493 e. The van der Waals surface area contributed by atoms with Crippen LogP contribution in [0.15, 0.2) is 17.1 Å². The lowest BCUT2D eigenvalue weighted by Crippen LogP contribution is -2.45. The number of fused-ring (bicyclic) bond motifs is 1. The minimum absolute atomic E-state index is 0.200. The van der Waals surface area contributed by atoms with E-state index in [0.29, 0.717) is 24.8 Å². The first-order chi connectivity index (χ1) is 15.0. The largest absolute Gasteiger partial charge is 0.493 e. The Balaban J connectivity index is 1.43. The van der Waals surface area contributed by atoms with Crippen molar-refractivity contribution in [3.63, 3.8) is 0 Å². The van der Waals surface area contributed by atoms with Crippen LogP contribution in [-0.4, -0.2) is 57.2 Å². The van der Waals surface area contributed by atoms with E-state index in [0.717, 1.165) is 49.1 Å². The second-order valence-electron chi connectivity index (χ2n) is 8.76. The summed E-state index contributed by atoms with van der Waals surface area (Å²) in [5.74, 6) is 3.28. The van der Waals surface area contributed by atoms with Crippen LogP contribution in [0, 0.1) is 5.92 Å². The number of carbonyl (C=O) groups excluding carboxylic acids is 1. The van der Waals surface area contributed by atoms with Crippen molar-refractivity contribution in [2.45, 2.75) is 64.5 Å². The van der Waals surface area contributed by atoms with Gasteiger partial charge in [-0.3, -0.25) is 9.79 Å². The minimum atomic E-state index is 0.200. The number of methoxy groups -OCH3 is 2. The number of ether oxygens (including phenoxy) is 2. The third-order valence-electron chi connectivity index (χ3n) is 6.43. The van der Waals surface area contributed by atoms with Crippen LogP contribution in [0.3, 0.4) is 0 Å². The molecule has 1 amide bonds. The predicted octanol–water partition coefficient (Wildman–Crippen LogP) is 3.11. The van der Waals surface area contributed by atoms with Crippen LogP contribution in [0.5, 0.6) is 11.5 Å². The number of aliphatic imine (C=N–C) groups is 1. The van der Waals surface area contributed by atoms with Crippen molar-refractivity contribution in [1.82, 2.24) is 15.5 Å². The van der Waals surface area contributed by atoms with E-state index in [2.05, 4.69) is 22.5 Å². The van der Waals surface area contributed by atoms with Crippen LogP contribution in [0.25, 0.3) is 0 Å². The molecule has 1 aliphatic carbocycles. The lowest BCUT2D eigenvalue weighted by atomic mass is 9.87. The molecule has 1 aromatic carbocycles. The normalized spacial score (nSPS) is 21.3. The van der Waals surface area contributed by atoms with Gasteiger partial charge in [0.15, 0.2) is 17.5 Å². The van der Waals surface area contributed by atoms with Crippen LogP contribution in [-0.2, 0) is 17.8 Å². The molecule has 0 spiro atoms. The summed E-state index contributed by atoms with van der Waals surface area (Å²) in [6.07, 6.45) is 7.18. The van der Waals surface area contributed by atoms with E-state index in [1.165, 1.54) is 31.2 Å². The zero-order chi connectivity index (χ0) is 22.2. The molecular weight excluding hydrogens is 392 g/mol. The average Bonchev–Trinajstić information content (AvgIpc) is 2.79. The van der Waals surface area contributed by atoms with Gasteiger partial charge in [0.25, 0.3) is 0 Å². The summed E-state index contributed by atoms with van der Waals surface area (Å²) in [6, 6.07) is 4.53. The molecule has 0 saturated heterocycles. The molecule has 2 N–H and O–H groups in total. The number of hydrogen-bond acceptors (Lipinski definition) is 4. The SMILES string of the molecule is CN=C(NCCCC(=O)N1CCc2cc(OC)c(OC)cc2C1)NC1CCCC(C)C1. The highest BCUT2D eigenvalue weighted by molar-refractivity contribution is 5.80. The first kappa shape index (κ1) is 23.2. The quantitative estimate of drug-likeness (QED) is 0.395. The van der Waals surface area contributed by atoms with Crippen molar-refractivity contribution >= 4 is 11.9 Å². The Labute approximate surface area is 186 Å². The molecule has 1 aromatic rings. The van der Waals surface area contributed by atoms with Crippen molar-refractivity contribution in [1.29, 1.82) is 0 Å². The van der Waals surface area contributed by atoms with Crippen molar-refractivity contribution in [3.05, 3.63) is 23.3 Å². The van der Waals surface area contributed by atoms with Crippen molar-refractivity contribution in [2.75, 3.05) is 34.4 Å². The fourth-order valence-electron chi connectivity index (χ4n) is 4.65. The maximum atomic E-state index is 12.7. The van der Waals surface area contributed by atoms with Crippen molar-refractivity contribution in [3.8, 4) is 11.5 Å². The summed E-state index contributed by atoms with van der Waals surface area (Å²) in [5, 5.41) is 6.91. The Morgan fingerprint density at radius 2 is 1.94 bits per heavy atom. The Hall–Kier alpha value is -2.44. The summed E-state index contributed by atoms with van der Waals surface area (Å²) in [4.78, 5) is 19.0. The Bertz CT molecular complexity index is 780. The number of carbonyl (C=O) groups is 1. The number of nitrogens with one attached hydrogen (secondary N) is 2. The van der Waals surface area contributed by atoms with Gasteiger partial charge in [0.05, 0.1) is 14.2 Å². The number of guanidine groups is 1. The van der Waals surface area contributed by atoms with E-state index in [9.17, 15) is 4.79 Å². The van der Waals surface area contributed by atoms with Gasteiger partial charge in [0.2, 0.25) is 5.91 Å². The molecule has 2 aliphatic rings. The molecule has 1 heterocycles. The molecule has 31 heavy (non-hydrogen) atoms. The van der Waals surface area contributed by atoms with Gasteiger partial charge in [0.1, 0.15) is 0 Å². The number of hydrogen-bond donors (Lipinski definition) is 2. The molecule has 2 atom stereocenters. The molecular formula is C24H38N4O3. The number of nitrogens with zero attached hydrogens (tertiary/aromatic N) is 2. The predicted molar refractivity (Wildman–Crippen MR) is 124 cm³/mol. The summed E-state index contributed by atoms with van der Waals surface area (Å²) < 4.78 is 10.8. The van der Waals surface area contributed by atoms with E-state index in [-0.39, 0.29) is 5.91 Å². The van der Waals surface area contributed by atoms with E-state index in [1.54, 1.807) is 21.3 Å². The third kappa shape index (κ3) is 6.28. The van der Waals surface area contributed by atoms with Gasteiger partial charge in [-0.05, 0) is 54.9 Å². The third-order valence-corrected chi connectivity index (χ3v) is 6.43. The molecule has 3 rings (SSSR count). The molecule has 7 heteroatoms. The lowest BCUT2D eigenvalue weighted by molar-refractivity contribution is -0.132. The molecule has 7 nitrogen and oxygen atoms in total. The highest BCUT2D eigenvalue weighted by Gasteiger charge is 2.23. The second-order valence-corrected chi connectivity index (χ2v) is 8.76. The average molecular weight is 431 g/mol. The van der Waals surface area contributed by atoms with Gasteiger partial charge in [-0.15, -0.1) is 0 Å². The first-order valence-corrected chi connectivity index (χ1v) is 11.5. The standard InChI is InChI=1S/C24H38N4O3/c1-17-7-5-8-20(13-17)27-24(25-2)26-11-6-9-23(29)28-12-10-18-14-21(30-3)22(31-4)15-19(18)16-28/h14-15,17,20H,5-13,16H2,1-4H3,(H2,25,26,27). The van der Waals surface area contributed by atoms with Crippen molar-refractivity contribution < 1.29 is 14.3 Å². The van der Waals surface area contributed by atoms with Crippen LogP contribution in [0.2, 0.25) is 0 Å². The second kappa shape index (κ2) is 11.3. The fraction of sp³-hybridized carbons (Fsp3) is 0.667. The molecule has 172 valence electrons. The Morgan fingerprint density at radius 3 is 2.61 bits per heavy atom. The maximum absolute atomic E-state index is 12.7. The number of benzene rings is 1. The van der Waals surface area contributed by atoms with Gasteiger partial charge >= 0.3 is 0 Å². The van der Waals surface area contributed by atoms with Crippen LogP contribution in [0.4, 0.5) is 0 Å². The smallest absolute Gasteiger partial charge is 0.222 e. The molecule has 1 saturated carbocycles. The van der Waals surface area contributed by atoms with E-state index >= 15 is 0 Å². The monoisotopic (exact) mass is 430 g/mol.